The summed E-state index contributed by atoms with van der Waals surface area (Å²) < 4.78 is 6.52. The van der Waals surface area contributed by atoms with Crippen LogP contribution in [0.2, 0.25) is 0 Å². The van der Waals surface area contributed by atoms with Gasteiger partial charge in [-0.25, -0.2) is 0 Å². The van der Waals surface area contributed by atoms with Crippen LogP contribution in [-0.2, 0) is 5.41 Å². The highest BCUT2D eigenvalue weighted by atomic mass is 16.3. The quantitative estimate of drug-likeness (QED) is 0.167. The minimum Gasteiger partial charge on any atom is -0.456 e. The summed E-state index contributed by atoms with van der Waals surface area (Å²) in [6, 6.07) is 47.2. The van der Waals surface area contributed by atoms with Gasteiger partial charge in [-0.15, -0.1) is 0 Å². The molecule has 270 valence electrons. The summed E-state index contributed by atoms with van der Waals surface area (Å²) in [6.07, 6.45) is 15.4. The summed E-state index contributed by atoms with van der Waals surface area (Å²) in [7, 11) is 0. The Kier molecular flexibility index (Phi) is 8.87. The summed E-state index contributed by atoms with van der Waals surface area (Å²) in [4.78, 5) is 0. The first-order valence-electron chi connectivity index (χ1n) is 19.5. The van der Waals surface area contributed by atoms with Crippen LogP contribution in [0.3, 0.4) is 0 Å². The molecule has 0 aliphatic heterocycles. The Balaban J connectivity index is 1.26. The fraction of sp³-hybridized carbons (Fsp3) is 0.0909. The summed E-state index contributed by atoms with van der Waals surface area (Å²) >= 11 is 0. The molecule has 2 aliphatic carbocycles. The molecule has 0 unspecified atom stereocenters. The number of hydrogen-bond acceptors (Lipinski definition) is 1. The molecule has 0 atom stereocenters. The molecule has 0 fully saturated rings. The van der Waals surface area contributed by atoms with Crippen molar-refractivity contribution >= 4 is 63.0 Å². The third kappa shape index (κ3) is 6.16. The molecule has 0 saturated heterocycles. The second-order valence-corrected chi connectivity index (χ2v) is 15.4. The van der Waals surface area contributed by atoms with Crippen LogP contribution in [0.5, 0.6) is 0 Å². The summed E-state index contributed by atoms with van der Waals surface area (Å²) in [6.45, 7) is 18.7. The molecule has 1 nitrogen and oxygen atoms in total. The summed E-state index contributed by atoms with van der Waals surface area (Å²) in [5.74, 6) is 0. The topological polar surface area (TPSA) is 13.1 Å². The van der Waals surface area contributed by atoms with Gasteiger partial charge in [0.2, 0.25) is 0 Å². The van der Waals surface area contributed by atoms with Gasteiger partial charge in [-0.1, -0.05) is 167 Å². The highest BCUT2D eigenvalue weighted by molar-refractivity contribution is 6.12. The van der Waals surface area contributed by atoms with Gasteiger partial charge in [0.15, 0.2) is 0 Å². The van der Waals surface area contributed by atoms with Crippen molar-refractivity contribution in [1.29, 1.82) is 0 Å². The van der Waals surface area contributed by atoms with Crippen LogP contribution in [0.25, 0.3) is 74.1 Å². The lowest BCUT2D eigenvalue weighted by Crippen LogP contribution is -2.30. The molecule has 1 heterocycles. The lowest BCUT2D eigenvalue weighted by atomic mass is 9.76. The van der Waals surface area contributed by atoms with Gasteiger partial charge >= 0.3 is 0 Å². The largest absolute Gasteiger partial charge is 0.456 e. The number of para-hydroxylation sites is 1. The van der Waals surface area contributed by atoms with Crippen molar-refractivity contribution in [1.82, 2.24) is 0 Å². The second-order valence-electron chi connectivity index (χ2n) is 15.4. The van der Waals surface area contributed by atoms with E-state index in [4.69, 9.17) is 11.0 Å². The number of hydrogen-bond donors (Lipinski definition) is 0. The van der Waals surface area contributed by atoms with E-state index in [1.54, 1.807) is 0 Å². The van der Waals surface area contributed by atoms with Crippen molar-refractivity contribution in [2.24, 2.45) is 0 Å². The van der Waals surface area contributed by atoms with E-state index in [1.165, 1.54) is 22.3 Å². The lowest BCUT2D eigenvalue weighted by Gasteiger charge is -2.27. The molecule has 7 aromatic rings. The van der Waals surface area contributed by atoms with Gasteiger partial charge in [0.25, 0.3) is 0 Å². The fourth-order valence-electron chi connectivity index (χ4n) is 8.57. The Bertz CT molecular complexity index is 3090. The molecule has 2 aliphatic rings. The van der Waals surface area contributed by atoms with Crippen molar-refractivity contribution < 1.29 is 4.42 Å². The Labute approximate surface area is 329 Å². The summed E-state index contributed by atoms with van der Waals surface area (Å²) in [5.41, 5.74) is 14.0. The van der Waals surface area contributed by atoms with E-state index in [2.05, 4.69) is 185 Å². The SMILES string of the molecule is C=C(/C=c1/ccc(-c2ccccc2)cc1=C)C1=c2\cccc\c2=C(C(=C)c2cc3c(cc2C2=Cc4ccccc4C2(C)C)oc2ccccc23)\C=C\CC\C=C\1. The molecule has 0 N–H and O–H groups in total. The number of fused-ring (bicyclic) bond motifs is 5. The lowest BCUT2D eigenvalue weighted by molar-refractivity contribution is 0.668. The van der Waals surface area contributed by atoms with Crippen LogP contribution in [0.4, 0.5) is 0 Å². The molecular weight excluding hydrogens is 677 g/mol. The molecule has 0 radical (unpaired) electrons. The van der Waals surface area contributed by atoms with Crippen LogP contribution < -0.4 is 20.9 Å². The molecule has 1 heteroatoms. The minimum atomic E-state index is -0.217. The van der Waals surface area contributed by atoms with E-state index in [1.807, 2.05) is 12.1 Å². The fourth-order valence-corrected chi connectivity index (χ4v) is 8.57. The highest BCUT2D eigenvalue weighted by Gasteiger charge is 2.35. The third-order valence-corrected chi connectivity index (χ3v) is 11.6. The molecule has 1 aromatic heterocycles. The Morgan fingerprint density at radius 1 is 0.643 bits per heavy atom. The standard InChI is InChI=1S/C55H44O/c1-36-31-41(39-19-9-8-10-20-39)30-29-40(36)32-37(2)43-22-11-6-7-12-23-44(46-25-15-14-24-45(43)46)38(3)48-34-50-47-26-16-18-28-53(47)56-54(50)35-49(48)52-33-42-21-13-17-27-51(42)55(52,4)5/h8-35H,1-3,6-7H2,4-5H3/b22-11+,23-12+,40-32-,45-43+,46-44+. The van der Waals surface area contributed by atoms with Gasteiger partial charge in [-0.2, -0.15) is 0 Å². The second kappa shape index (κ2) is 14.2. The average Bonchev–Trinajstić information content (AvgIpc) is 3.72. The maximum absolute atomic E-state index is 6.52. The van der Waals surface area contributed by atoms with Gasteiger partial charge in [0, 0.05) is 16.2 Å². The van der Waals surface area contributed by atoms with Crippen molar-refractivity contribution in [3.05, 3.63) is 220 Å². The van der Waals surface area contributed by atoms with E-state index >= 15 is 0 Å². The number of furan rings is 1. The van der Waals surface area contributed by atoms with Gasteiger partial charge in [0.1, 0.15) is 11.2 Å². The number of rotatable bonds is 6. The molecule has 0 spiro atoms. The Morgan fingerprint density at radius 2 is 1.32 bits per heavy atom. The monoisotopic (exact) mass is 720 g/mol. The van der Waals surface area contributed by atoms with E-state index in [9.17, 15) is 0 Å². The molecule has 9 rings (SSSR count). The summed E-state index contributed by atoms with van der Waals surface area (Å²) in [5, 5.41) is 6.44. The maximum atomic E-state index is 6.52. The van der Waals surface area contributed by atoms with Crippen LogP contribution in [0, 0.1) is 0 Å². The first kappa shape index (κ1) is 35.0. The average molecular weight is 721 g/mol. The van der Waals surface area contributed by atoms with Crippen molar-refractivity contribution in [3.63, 3.8) is 0 Å². The van der Waals surface area contributed by atoms with Gasteiger partial charge in [-0.05, 0) is 131 Å². The molecule has 0 bridgehead atoms. The van der Waals surface area contributed by atoms with Crippen LogP contribution >= 0.6 is 0 Å². The molecule has 56 heavy (non-hydrogen) atoms. The molecule has 0 amide bonds. The minimum absolute atomic E-state index is 0.217. The van der Waals surface area contributed by atoms with E-state index in [0.717, 1.165) is 94.6 Å². The first-order chi connectivity index (χ1) is 27.3. The van der Waals surface area contributed by atoms with Crippen LogP contribution in [-0.4, -0.2) is 0 Å². The van der Waals surface area contributed by atoms with Crippen LogP contribution in [0.1, 0.15) is 48.9 Å². The maximum Gasteiger partial charge on any atom is 0.136 e. The van der Waals surface area contributed by atoms with Crippen molar-refractivity contribution in [2.45, 2.75) is 32.1 Å². The van der Waals surface area contributed by atoms with Gasteiger partial charge in [-0.3, -0.25) is 0 Å². The zero-order chi connectivity index (χ0) is 38.4. The van der Waals surface area contributed by atoms with Crippen molar-refractivity contribution in [3.8, 4) is 11.1 Å². The van der Waals surface area contributed by atoms with E-state index in [-0.39, 0.29) is 5.41 Å². The molecular formula is C55H44O. The van der Waals surface area contributed by atoms with E-state index < -0.39 is 0 Å². The predicted octanol–water partition coefficient (Wildman–Crippen LogP) is 11.5. The third-order valence-electron chi connectivity index (χ3n) is 11.6. The zero-order valence-electron chi connectivity index (χ0n) is 32.1. The molecule has 0 saturated carbocycles. The normalized spacial score (nSPS) is 18.2. The Hall–Kier alpha value is -6.70. The van der Waals surface area contributed by atoms with Crippen LogP contribution in [0.15, 0.2) is 181 Å². The smallest absolute Gasteiger partial charge is 0.136 e. The number of allylic oxidation sites excluding steroid dienone is 7. The first-order valence-corrected chi connectivity index (χ1v) is 19.5. The zero-order valence-corrected chi connectivity index (χ0v) is 32.1. The van der Waals surface area contributed by atoms with E-state index in [0.29, 0.717) is 0 Å². The molecule has 6 aromatic carbocycles. The highest BCUT2D eigenvalue weighted by Crippen LogP contribution is 2.49. The van der Waals surface area contributed by atoms with Gasteiger partial charge < -0.3 is 4.42 Å². The predicted molar refractivity (Wildman–Crippen MR) is 240 cm³/mol. The number of benzene rings is 6. The Morgan fingerprint density at radius 3 is 2.09 bits per heavy atom. The van der Waals surface area contributed by atoms with Gasteiger partial charge in [0.05, 0.1) is 0 Å². The van der Waals surface area contributed by atoms with Crippen molar-refractivity contribution in [2.75, 3.05) is 0 Å².